The molecule has 1 aliphatic rings. The van der Waals surface area contributed by atoms with Gasteiger partial charge in [0.1, 0.15) is 5.75 Å². The van der Waals surface area contributed by atoms with Crippen LogP contribution in [0.4, 0.5) is 0 Å². The zero-order valence-electron chi connectivity index (χ0n) is 9.31. The maximum absolute atomic E-state index is 11.2. The molecule has 5 heteroatoms. The molecule has 2 rings (SSSR count). The standard InChI is InChI=1S/C12H14N2O3/c13-11(15)7-4-5-9(12(14)16)10(6-7)17-8-2-1-3-8/h4-6,8H,1-3H2,(H2,13,15)(H2,14,16). The predicted molar refractivity (Wildman–Crippen MR) is 61.7 cm³/mol. The molecule has 2 amide bonds. The summed E-state index contributed by atoms with van der Waals surface area (Å²) in [7, 11) is 0. The van der Waals surface area contributed by atoms with E-state index in [2.05, 4.69) is 0 Å². The summed E-state index contributed by atoms with van der Waals surface area (Å²) in [5, 5.41) is 0. The highest BCUT2D eigenvalue weighted by molar-refractivity contribution is 5.99. The average molecular weight is 234 g/mol. The molecule has 17 heavy (non-hydrogen) atoms. The maximum atomic E-state index is 11.2. The van der Waals surface area contributed by atoms with Crippen molar-refractivity contribution in [1.29, 1.82) is 0 Å². The van der Waals surface area contributed by atoms with Crippen molar-refractivity contribution in [3.05, 3.63) is 29.3 Å². The minimum atomic E-state index is -0.574. The molecule has 5 nitrogen and oxygen atoms in total. The largest absolute Gasteiger partial charge is 0.490 e. The van der Waals surface area contributed by atoms with Crippen molar-refractivity contribution in [2.75, 3.05) is 0 Å². The first-order valence-corrected chi connectivity index (χ1v) is 5.48. The third kappa shape index (κ3) is 2.38. The van der Waals surface area contributed by atoms with Gasteiger partial charge in [0.15, 0.2) is 0 Å². The number of hydrogen-bond acceptors (Lipinski definition) is 3. The van der Waals surface area contributed by atoms with Crippen molar-refractivity contribution in [1.82, 2.24) is 0 Å². The number of primary amides is 2. The van der Waals surface area contributed by atoms with Crippen LogP contribution in [0.15, 0.2) is 18.2 Å². The first-order chi connectivity index (χ1) is 8.08. The van der Waals surface area contributed by atoms with Gasteiger partial charge >= 0.3 is 0 Å². The molecule has 1 aliphatic carbocycles. The predicted octanol–water partition coefficient (Wildman–Crippen LogP) is 0.816. The normalized spacial score (nSPS) is 15.1. The Morgan fingerprint density at radius 1 is 1.18 bits per heavy atom. The Kier molecular flexibility index (Phi) is 2.99. The smallest absolute Gasteiger partial charge is 0.252 e. The van der Waals surface area contributed by atoms with Crippen LogP contribution in [0.5, 0.6) is 5.75 Å². The van der Waals surface area contributed by atoms with Crippen LogP contribution >= 0.6 is 0 Å². The summed E-state index contributed by atoms with van der Waals surface area (Å²) >= 11 is 0. The maximum Gasteiger partial charge on any atom is 0.252 e. The van der Waals surface area contributed by atoms with E-state index in [9.17, 15) is 9.59 Å². The number of benzene rings is 1. The van der Waals surface area contributed by atoms with Crippen LogP contribution in [-0.2, 0) is 0 Å². The Morgan fingerprint density at radius 3 is 2.35 bits per heavy atom. The Hall–Kier alpha value is -2.04. The molecule has 0 unspecified atom stereocenters. The Labute approximate surface area is 98.7 Å². The summed E-state index contributed by atoms with van der Waals surface area (Å²) in [6.07, 6.45) is 3.14. The summed E-state index contributed by atoms with van der Waals surface area (Å²) in [4.78, 5) is 22.3. The van der Waals surface area contributed by atoms with Crippen LogP contribution in [0.2, 0.25) is 0 Å². The molecule has 90 valence electrons. The Balaban J connectivity index is 2.32. The molecule has 0 heterocycles. The summed E-state index contributed by atoms with van der Waals surface area (Å²) in [6, 6.07) is 4.41. The number of rotatable bonds is 4. The minimum absolute atomic E-state index is 0.108. The lowest BCUT2D eigenvalue weighted by Gasteiger charge is -2.27. The van der Waals surface area contributed by atoms with Crippen LogP contribution in [0.1, 0.15) is 40.0 Å². The van der Waals surface area contributed by atoms with Crippen molar-refractivity contribution in [2.24, 2.45) is 11.5 Å². The third-order valence-electron chi connectivity index (χ3n) is 2.88. The lowest BCUT2D eigenvalue weighted by atomic mass is 9.96. The summed E-state index contributed by atoms with van der Waals surface area (Å²) in [5.74, 6) is -0.784. The molecular formula is C12H14N2O3. The molecule has 0 saturated heterocycles. The molecular weight excluding hydrogens is 220 g/mol. The van der Waals surface area contributed by atoms with Gasteiger partial charge in [-0.3, -0.25) is 9.59 Å². The highest BCUT2D eigenvalue weighted by atomic mass is 16.5. The van der Waals surface area contributed by atoms with E-state index in [0.29, 0.717) is 11.3 Å². The second-order valence-electron chi connectivity index (χ2n) is 4.11. The van der Waals surface area contributed by atoms with E-state index in [1.807, 2.05) is 0 Å². The number of carbonyl (C=O) groups is 2. The molecule has 1 saturated carbocycles. The van der Waals surface area contributed by atoms with Gasteiger partial charge in [-0.15, -0.1) is 0 Å². The van der Waals surface area contributed by atoms with Gasteiger partial charge in [0, 0.05) is 5.56 Å². The van der Waals surface area contributed by atoms with Crippen LogP contribution in [-0.4, -0.2) is 17.9 Å². The van der Waals surface area contributed by atoms with E-state index >= 15 is 0 Å². The van der Waals surface area contributed by atoms with Crippen LogP contribution < -0.4 is 16.2 Å². The summed E-state index contributed by atoms with van der Waals surface area (Å²) in [6.45, 7) is 0. The molecule has 0 radical (unpaired) electrons. The molecule has 1 fully saturated rings. The number of hydrogen-bond donors (Lipinski definition) is 2. The van der Waals surface area contributed by atoms with Crippen molar-refractivity contribution in [3.8, 4) is 5.75 Å². The second-order valence-corrected chi connectivity index (χ2v) is 4.11. The van der Waals surface area contributed by atoms with Gasteiger partial charge in [-0.25, -0.2) is 0 Å². The number of ether oxygens (including phenoxy) is 1. The Bertz CT molecular complexity index is 467. The van der Waals surface area contributed by atoms with Crippen molar-refractivity contribution in [2.45, 2.75) is 25.4 Å². The fraction of sp³-hybridized carbons (Fsp3) is 0.333. The zero-order chi connectivity index (χ0) is 12.4. The Morgan fingerprint density at radius 2 is 1.88 bits per heavy atom. The zero-order valence-corrected chi connectivity index (χ0v) is 9.31. The first-order valence-electron chi connectivity index (χ1n) is 5.48. The fourth-order valence-electron chi connectivity index (χ4n) is 1.64. The lowest BCUT2D eigenvalue weighted by molar-refractivity contribution is 0.0960. The van der Waals surface area contributed by atoms with Gasteiger partial charge in [0.2, 0.25) is 5.91 Å². The molecule has 4 N–H and O–H groups in total. The third-order valence-corrected chi connectivity index (χ3v) is 2.88. The first kappa shape index (κ1) is 11.4. The van der Waals surface area contributed by atoms with E-state index in [-0.39, 0.29) is 11.7 Å². The molecule has 1 aromatic rings. The molecule has 0 bridgehead atoms. The highest BCUT2D eigenvalue weighted by Gasteiger charge is 2.22. The van der Waals surface area contributed by atoms with Crippen molar-refractivity contribution >= 4 is 11.8 Å². The van der Waals surface area contributed by atoms with Crippen molar-refractivity contribution < 1.29 is 14.3 Å². The molecule has 0 spiro atoms. The second kappa shape index (κ2) is 4.45. The lowest BCUT2D eigenvalue weighted by Crippen LogP contribution is -2.26. The molecule has 0 atom stereocenters. The van der Waals surface area contributed by atoms with Gasteiger partial charge in [-0.1, -0.05) is 0 Å². The molecule has 0 aliphatic heterocycles. The molecule has 1 aromatic carbocycles. The average Bonchev–Trinajstić information content (AvgIpc) is 2.22. The quantitative estimate of drug-likeness (QED) is 0.807. The monoisotopic (exact) mass is 234 g/mol. The van der Waals surface area contributed by atoms with Crippen molar-refractivity contribution in [3.63, 3.8) is 0 Å². The van der Waals surface area contributed by atoms with Gasteiger partial charge < -0.3 is 16.2 Å². The van der Waals surface area contributed by atoms with Crippen LogP contribution in [0, 0.1) is 0 Å². The minimum Gasteiger partial charge on any atom is -0.490 e. The number of nitrogens with two attached hydrogens (primary N) is 2. The van der Waals surface area contributed by atoms with E-state index < -0.39 is 11.8 Å². The fourth-order valence-corrected chi connectivity index (χ4v) is 1.64. The topological polar surface area (TPSA) is 95.4 Å². The van der Waals surface area contributed by atoms with Crippen LogP contribution in [0.25, 0.3) is 0 Å². The van der Waals surface area contributed by atoms with E-state index in [1.54, 1.807) is 0 Å². The summed E-state index contributed by atoms with van der Waals surface area (Å²) in [5.41, 5.74) is 11.0. The summed E-state index contributed by atoms with van der Waals surface area (Å²) < 4.78 is 5.62. The van der Waals surface area contributed by atoms with Gasteiger partial charge in [-0.2, -0.15) is 0 Å². The SMILES string of the molecule is NC(=O)c1ccc(C(N)=O)c(OC2CCC2)c1. The van der Waals surface area contributed by atoms with Gasteiger partial charge in [0.05, 0.1) is 11.7 Å². The van der Waals surface area contributed by atoms with E-state index in [1.165, 1.54) is 18.2 Å². The molecule has 0 aromatic heterocycles. The van der Waals surface area contributed by atoms with E-state index in [4.69, 9.17) is 16.2 Å². The number of carbonyl (C=O) groups excluding carboxylic acids is 2. The van der Waals surface area contributed by atoms with Gasteiger partial charge in [-0.05, 0) is 37.5 Å². The van der Waals surface area contributed by atoms with Crippen LogP contribution in [0.3, 0.4) is 0 Å². The van der Waals surface area contributed by atoms with Gasteiger partial charge in [0.25, 0.3) is 5.91 Å². The number of amides is 2. The van der Waals surface area contributed by atoms with E-state index in [0.717, 1.165) is 19.3 Å². The highest BCUT2D eigenvalue weighted by Crippen LogP contribution is 2.28.